The van der Waals surface area contributed by atoms with Crippen LogP contribution in [0.4, 0.5) is 9.59 Å². The lowest BCUT2D eigenvalue weighted by Gasteiger charge is -2.23. The first-order chi connectivity index (χ1) is 23.9. The molecular formula is C38H55N5O7. The van der Waals surface area contributed by atoms with Crippen LogP contribution in [-0.2, 0) is 23.9 Å². The molecule has 1 aliphatic carbocycles. The summed E-state index contributed by atoms with van der Waals surface area (Å²) in [4.78, 5) is 60.8. The molecule has 2 aromatic rings. The zero-order chi connectivity index (χ0) is 36.4. The quantitative estimate of drug-likeness (QED) is 0.108. The molecule has 50 heavy (non-hydrogen) atoms. The van der Waals surface area contributed by atoms with Crippen molar-refractivity contribution in [3.8, 4) is 11.1 Å². The first-order valence-electron chi connectivity index (χ1n) is 17.9. The standard InChI is InChI=1S/C38H55N5O7/c1-38(2,3)50-37(48)43-32(35(46)41-24-14-5-7-22-34(45)40-23-13-4-6-21-33(39)44)20-12-15-25-42-36(47)49-26-31-29-18-10-8-16-27(29)28-17-9-11-19-30(28)31/h8-11,16-19,31-32H,4-7,12-15,20-26H2,1-3H3,(H2,39,44)(H,40,45)(H,41,46)(H,42,47)(H,43,48). The number of hydrogen-bond acceptors (Lipinski definition) is 7. The van der Waals surface area contributed by atoms with Gasteiger partial charge in [-0.3, -0.25) is 14.4 Å². The largest absolute Gasteiger partial charge is 0.449 e. The summed E-state index contributed by atoms with van der Waals surface area (Å²) in [5.41, 5.74) is 9.04. The number of alkyl carbamates (subject to hydrolysis) is 2. The second-order valence-corrected chi connectivity index (χ2v) is 13.7. The maximum atomic E-state index is 13.0. The van der Waals surface area contributed by atoms with Crippen molar-refractivity contribution in [2.75, 3.05) is 26.2 Å². The third-order valence-corrected chi connectivity index (χ3v) is 8.34. The molecule has 0 saturated heterocycles. The minimum atomic E-state index is -0.798. The summed E-state index contributed by atoms with van der Waals surface area (Å²) >= 11 is 0. The third kappa shape index (κ3) is 14.5. The van der Waals surface area contributed by atoms with E-state index in [1.807, 2.05) is 24.3 Å². The molecule has 12 nitrogen and oxygen atoms in total. The number of ether oxygens (including phenoxy) is 2. The average Bonchev–Trinajstić information content (AvgIpc) is 3.38. The minimum Gasteiger partial charge on any atom is -0.449 e. The first-order valence-corrected chi connectivity index (χ1v) is 17.9. The van der Waals surface area contributed by atoms with Crippen LogP contribution in [0.25, 0.3) is 11.1 Å². The van der Waals surface area contributed by atoms with Crippen molar-refractivity contribution in [2.45, 2.75) is 109 Å². The summed E-state index contributed by atoms with van der Waals surface area (Å²) in [6.45, 7) is 6.84. The van der Waals surface area contributed by atoms with E-state index in [0.717, 1.165) is 36.8 Å². The maximum Gasteiger partial charge on any atom is 0.408 e. The van der Waals surface area contributed by atoms with Crippen molar-refractivity contribution in [3.05, 3.63) is 59.7 Å². The van der Waals surface area contributed by atoms with E-state index in [1.54, 1.807) is 20.8 Å². The highest BCUT2D eigenvalue weighted by Crippen LogP contribution is 2.44. The number of carbonyl (C=O) groups is 5. The minimum absolute atomic E-state index is 0.0151. The number of primary amides is 1. The molecule has 0 bridgehead atoms. The van der Waals surface area contributed by atoms with Gasteiger partial charge in [0.05, 0.1) is 0 Å². The molecule has 1 atom stereocenters. The summed E-state index contributed by atoms with van der Waals surface area (Å²) in [5, 5.41) is 11.2. The van der Waals surface area contributed by atoms with Gasteiger partial charge in [-0.1, -0.05) is 61.4 Å². The second-order valence-electron chi connectivity index (χ2n) is 13.7. The molecule has 3 rings (SSSR count). The fourth-order valence-electron chi connectivity index (χ4n) is 5.87. The molecule has 0 heterocycles. The third-order valence-electron chi connectivity index (χ3n) is 8.34. The van der Waals surface area contributed by atoms with Crippen LogP contribution in [0.5, 0.6) is 0 Å². The number of amides is 5. The van der Waals surface area contributed by atoms with Gasteiger partial charge in [0, 0.05) is 38.4 Å². The second kappa shape index (κ2) is 20.8. The number of nitrogens with two attached hydrogens (primary N) is 1. The molecule has 5 amide bonds. The lowest BCUT2D eigenvalue weighted by atomic mass is 9.98. The molecule has 274 valence electrons. The van der Waals surface area contributed by atoms with Gasteiger partial charge in [0.25, 0.3) is 0 Å². The summed E-state index contributed by atoms with van der Waals surface area (Å²) in [7, 11) is 0. The molecular weight excluding hydrogens is 638 g/mol. The van der Waals surface area contributed by atoms with Gasteiger partial charge in [0.15, 0.2) is 0 Å². The highest BCUT2D eigenvalue weighted by Gasteiger charge is 2.29. The Morgan fingerprint density at radius 1 is 0.700 bits per heavy atom. The van der Waals surface area contributed by atoms with Gasteiger partial charge < -0.3 is 36.5 Å². The molecule has 0 radical (unpaired) electrons. The number of unbranched alkanes of at least 4 members (excludes halogenated alkanes) is 5. The molecule has 1 aliphatic rings. The fourth-order valence-corrected chi connectivity index (χ4v) is 5.87. The SMILES string of the molecule is CC(C)(C)OC(=O)NC(CCCCNC(=O)OCC1c2ccccc2-c2ccccc21)C(=O)NCCCCCC(=O)NCCCCCC(N)=O. The van der Waals surface area contributed by atoms with Gasteiger partial charge in [0.1, 0.15) is 18.2 Å². The van der Waals surface area contributed by atoms with Crippen LogP contribution >= 0.6 is 0 Å². The highest BCUT2D eigenvalue weighted by atomic mass is 16.6. The molecule has 0 saturated carbocycles. The summed E-state index contributed by atoms with van der Waals surface area (Å²) in [5.74, 6) is -0.653. The molecule has 2 aromatic carbocycles. The van der Waals surface area contributed by atoms with Crippen LogP contribution in [0.1, 0.15) is 108 Å². The van der Waals surface area contributed by atoms with Crippen LogP contribution in [0, 0.1) is 0 Å². The van der Waals surface area contributed by atoms with Crippen LogP contribution in [0.3, 0.4) is 0 Å². The number of rotatable bonds is 21. The zero-order valence-corrected chi connectivity index (χ0v) is 29.8. The van der Waals surface area contributed by atoms with Crippen molar-refractivity contribution in [2.24, 2.45) is 5.73 Å². The molecule has 0 aromatic heterocycles. The van der Waals surface area contributed by atoms with Crippen LogP contribution < -0.4 is 27.0 Å². The number of carbonyl (C=O) groups excluding carboxylic acids is 5. The summed E-state index contributed by atoms with van der Waals surface area (Å²) < 4.78 is 11.0. The summed E-state index contributed by atoms with van der Waals surface area (Å²) in [6.07, 6.45) is 5.63. The van der Waals surface area contributed by atoms with Crippen LogP contribution in [0.15, 0.2) is 48.5 Å². The highest BCUT2D eigenvalue weighted by molar-refractivity contribution is 5.85. The number of hydrogen-bond donors (Lipinski definition) is 5. The monoisotopic (exact) mass is 693 g/mol. The van der Waals surface area contributed by atoms with Crippen molar-refractivity contribution in [1.29, 1.82) is 0 Å². The Balaban J connectivity index is 1.33. The van der Waals surface area contributed by atoms with Crippen molar-refractivity contribution >= 4 is 29.9 Å². The van der Waals surface area contributed by atoms with E-state index in [9.17, 15) is 24.0 Å². The normalized spacial score (nSPS) is 12.6. The predicted molar refractivity (Wildman–Crippen MR) is 192 cm³/mol. The number of nitrogens with one attached hydrogen (secondary N) is 4. The lowest BCUT2D eigenvalue weighted by molar-refractivity contribution is -0.123. The predicted octanol–water partition coefficient (Wildman–Crippen LogP) is 5.43. The van der Waals surface area contributed by atoms with Gasteiger partial charge in [-0.15, -0.1) is 0 Å². The molecule has 0 fully saturated rings. The van der Waals surface area contributed by atoms with E-state index in [1.165, 1.54) is 11.1 Å². The smallest absolute Gasteiger partial charge is 0.408 e. The first kappa shape index (κ1) is 39.8. The van der Waals surface area contributed by atoms with Gasteiger partial charge in [-0.25, -0.2) is 9.59 Å². The molecule has 1 unspecified atom stereocenters. The molecule has 12 heteroatoms. The topological polar surface area (TPSA) is 178 Å². The zero-order valence-electron chi connectivity index (χ0n) is 29.8. The Bertz CT molecular complexity index is 1380. The van der Waals surface area contributed by atoms with E-state index in [0.29, 0.717) is 64.6 Å². The van der Waals surface area contributed by atoms with Gasteiger partial charge in [-0.2, -0.15) is 0 Å². The number of benzene rings is 2. The van der Waals surface area contributed by atoms with Gasteiger partial charge >= 0.3 is 12.2 Å². The van der Waals surface area contributed by atoms with Crippen molar-refractivity contribution in [1.82, 2.24) is 21.3 Å². The van der Waals surface area contributed by atoms with E-state index in [2.05, 4.69) is 45.5 Å². The molecule has 0 spiro atoms. The Hall–Kier alpha value is -4.61. The average molecular weight is 694 g/mol. The fraction of sp³-hybridized carbons (Fsp3) is 0.553. The van der Waals surface area contributed by atoms with Gasteiger partial charge in [0.2, 0.25) is 17.7 Å². The Labute approximate surface area is 296 Å². The van der Waals surface area contributed by atoms with E-state index in [-0.39, 0.29) is 30.2 Å². The lowest BCUT2D eigenvalue weighted by Crippen LogP contribution is -2.48. The Morgan fingerprint density at radius 2 is 1.26 bits per heavy atom. The van der Waals surface area contributed by atoms with Crippen molar-refractivity contribution in [3.63, 3.8) is 0 Å². The van der Waals surface area contributed by atoms with E-state index < -0.39 is 23.8 Å². The Kier molecular flexibility index (Phi) is 16.6. The maximum absolute atomic E-state index is 13.0. The molecule has 6 N–H and O–H groups in total. The van der Waals surface area contributed by atoms with Crippen LogP contribution in [-0.4, -0.2) is 67.8 Å². The number of fused-ring (bicyclic) bond motifs is 3. The Morgan fingerprint density at radius 3 is 1.88 bits per heavy atom. The van der Waals surface area contributed by atoms with E-state index in [4.69, 9.17) is 15.2 Å². The van der Waals surface area contributed by atoms with Crippen LogP contribution in [0.2, 0.25) is 0 Å². The van der Waals surface area contributed by atoms with Gasteiger partial charge in [-0.05, 0) is 88.0 Å². The summed E-state index contributed by atoms with van der Waals surface area (Å²) in [6, 6.07) is 15.5. The van der Waals surface area contributed by atoms with Crippen molar-refractivity contribution < 1.29 is 33.4 Å². The van der Waals surface area contributed by atoms with E-state index >= 15 is 0 Å². The molecule has 0 aliphatic heterocycles.